The monoisotopic (exact) mass is 542 g/mol. The maximum Gasteiger partial charge on any atom is 0.416 e. The molecule has 1 fully saturated rings. The highest BCUT2D eigenvalue weighted by atomic mass is 32.2. The molecule has 5 rings (SSSR count). The van der Waals surface area contributed by atoms with E-state index in [1.54, 1.807) is 25.1 Å². The number of sulfone groups is 1. The molecule has 0 bridgehead atoms. The summed E-state index contributed by atoms with van der Waals surface area (Å²) >= 11 is 0. The van der Waals surface area contributed by atoms with Crippen LogP contribution in [0.5, 0.6) is 0 Å². The Hall–Kier alpha value is -3.73. The Morgan fingerprint density at radius 1 is 1.05 bits per heavy atom. The molecule has 2 heterocycles. The molecule has 1 N–H and O–H groups in total. The molecule has 0 aliphatic heterocycles. The van der Waals surface area contributed by atoms with E-state index in [2.05, 4.69) is 15.3 Å². The minimum atomic E-state index is -4.39. The average Bonchev–Trinajstić information content (AvgIpc) is 3.67. The summed E-state index contributed by atoms with van der Waals surface area (Å²) in [6, 6.07) is 13.3. The van der Waals surface area contributed by atoms with Gasteiger partial charge in [0.25, 0.3) is 5.91 Å². The number of alkyl halides is 3. The van der Waals surface area contributed by atoms with Gasteiger partial charge < -0.3 is 9.88 Å². The molecule has 0 spiro atoms. The highest BCUT2D eigenvalue weighted by Gasteiger charge is 2.31. The van der Waals surface area contributed by atoms with E-state index >= 15 is 0 Å². The van der Waals surface area contributed by atoms with Crippen molar-refractivity contribution in [2.45, 2.75) is 49.8 Å². The van der Waals surface area contributed by atoms with E-state index in [0.29, 0.717) is 34.5 Å². The predicted molar refractivity (Wildman–Crippen MR) is 135 cm³/mol. The molecule has 2 aromatic carbocycles. The fraction of sp³-hybridized carbons (Fsp3) is 0.296. The van der Waals surface area contributed by atoms with Gasteiger partial charge in [0.1, 0.15) is 11.3 Å². The lowest BCUT2D eigenvalue weighted by Crippen LogP contribution is -2.23. The van der Waals surface area contributed by atoms with E-state index in [9.17, 15) is 26.4 Å². The smallest absolute Gasteiger partial charge is 0.348 e. The van der Waals surface area contributed by atoms with Gasteiger partial charge in [0.05, 0.1) is 21.8 Å². The first-order valence-corrected chi connectivity index (χ1v) is 13.8. The summed E-state index contributed by atoms with van der Waals surface area (Å²) < 4.78 is 64.7. The zero-order chi connectivity index (χ0) is 27.1. The summed E-state index contributed by atoms with van der Waals surface area (Å²) in [5, 5.41) is 2.81. The number of aromatic nitrogens is 3. The maximum atomic E-state index is 12.9. The molecule has 1 aliphatic carbocycles. The highest BCUT2D eigenvalue weighted by molar-refractivity contribution is 7.91. The quantitative estimate of drug-likeness (QED) is 0.334. The molecule has 7 nitrogen and oxygen atoms in total. The van der Waals surface area contributed by atoms with Crippen molar-refractivity contribution < 1.29 is 26.4 Å². The topological polar surface area (TPSA) is 93.9 Å². The average molecular weight is 543 g/mol. The molecule has 11 heteroatoms. The largest absolute Gasteiger partial charge is 0.416 e. The predicted octanol–water partition coefficient (Wildman–Crippen LogP) is 5.10. The Bertz CT molecular complexity index is 1590. The van der Waals surface area contributed by atoms with Crippen LogP contribution in [0.15, 0.2) is 65.7 Å². The first-order valence-electron chi connectivity index (χ1n) is 12.2. The van der Waals surface area contributed by atoms with Gasteiger partial charge in [-0.3, -0.25) is 4.79 Å². The van der Waals surface area contributed by atoms with Crippen LogP contribution in [0.1, 0.15) is 58.7 Å². The number of halogens is 3. The van der Waals surface area contributed by atoms with Crippen molar-refractivity contribution in [3.05, 3.63) is 88.9 Å². The van der Waals surface area contributed by atoms with Crippen LogP contribution in [-0.2, 0) is 29.0 Å². The summed E-state index contributed by atoms with van der Waals surface area (Å²) in [6.07, 6.45) is -0.630. The van der Waals surface area contributed by atoms with Crippen molar-refractivity contribution in [3.8, 4) is 0 Å². The first kappa shape index (κ1) is 25.9. The molecule has 0 atom stereocenters. The number of fused-ring (bicyclic) bond motifs is 1. The molecule has 198 valence electrons. The van der Waals surface area contributed by atoms with Crippen LogP contribution >= 0.6 is 0 Å². The second-order valence-electron chi connectivity index (χ2n) is 9.30. The van der Waals surface area contributed by atoms with Crippen molar-refractivity contribution >= 4 is 26.9 Å². The third kappa shape index (κ3) is 5.42. The molecular formula is C27H25F3N4O3S. The Morgan fingerprint density at radius 2 is 1.71 bits per heavy atom. The van der Waals surface area contributed by atoms with E-state index < -0.39 is 21.6 Å². The molecule has 1 aliphatic rings. The molecule has 0 unspecified atom stereocenters. The van der Waals surface area contributed by atoms with E-state index in [4.69, 9.17) is 0 Å². The second-order valence-corrected chi connectivity index (χ2v) is 11.6. The fourth-order valence-electron chi connectivity index (χ4n) is 4.25. The summed E-state index contributed by atoms with van der Waals surface area (Å²) in [7, 11) is -3.29. The van der Waals surface area contributed by atoms with Crippen LogP contribution in [0, 0.1) is 0 Å². The fourth-order valence-corrected chi connectivity index (χ4v) is 5.14. The molecule has 2 aromatic heterocycles. The number of hydrogen-bond acceptors (Lipinski definition) is 5. The summed E-state index contributed by atoms with van der Waals surface area (Å²) in [4.78, 5) is 22.2. The number of pyridine rings is 1. The van der Waals surface area contributed by atoms with Crippen molar-refractivity contribution in [2.75, 3.05) is 5.75 Å². The third-order valence-corrected chi connectivity index (χ3v) is 8.29. The van der Waals surface area contributed by atoms with Crippen molar-refractivity contribution in [2.24, 2.45) is 0 Å². The molecule has 0 radical (unpaired) electrons. The van der Waals surface area contributed by atoms with Gasteiger partial charge in [-0.05, 0) is 54.3 Å². The number of carbonyl (C=O) groups is 1. The lowest BCUT2D eigenvalue weighted by molar-refractivity contribution is -0.137. The normalized spacial score (nSPS) is 14.1. The van der Waals surface area contributed by atoms with E-state index in [-0.39, 0.29) is 29.1 Å². The standard InChI is InChI=1S/C27H25F3N4O3S/c1-2-38(36,37)22-11-5-18(6-12-22)15-32-26(35)19-14-23-25(31-16-19)34(21-9-10-21)24(33-23)13-17-3-7-20(8-4-17)27(28,29)30/h3-8,11-12,14,16,21H,2,9-10,13,15H2,1H3,(H,32,35). The Labute approximate surface area is 217 Å². The van der Waals surface area contributed by atoms with Crippen LogP contribution in [0.25, 0.3) is 11.2 Å². The number of carbonyl (C=O) groups excluding carboxylic acids is 1. The van der Waals surface area contributed by atoms with Gasteiger partial charge in [-0.2, -0.15) is 13.2 Å². The zero-order valence-corrected chi connectivity index (χ0v) is 21.3. The Balaban J connectivity index is 1.33. The van der Waals surface area contributed by atoms with Gasteiger partial charge in [-0.25, -0.2) is 18.4 Å². The van der Waals surface area contributed by atoms with Gasteiger partial charge in [0, 0.05) is 25.2 Å². The lowest BCUT2D eigenvalue weighted by Gasteiger charge is -2.09. The molecule has 4 aromatic rings. The summed E-state index contributed by atoms with van der Waals surface area (Å²) in [5.74, 6) is 0.352. The van der Waals surface area contributed by atoms with Crippen LogP contribution in [0.3, 0.4) is 0 Å². The van der Waals surface area contributed by atoms with Gasteiger partial charge in [0.2, 0.25) is 0 Å². The third-order valence-electron chi connectivity index (χ3n) is 6.54. The maximum absolute atomic E-state index is 12.9. The van der Waals surface area contributed by atoms with Crippen molar-refractivity contribution in [3.63, 3.8) is 0 Å². The van der Waals surface area contributed by atoms with Crippen LogP contribution in [0.4, 0.5) is 13.2 Å². The van der Waals surface area contributed by atoms with Crippen molar-refractivity contribution in [1.82, 2.24) is 19.9 Å². The van der Waals surface area contributed by atoms with Gasteiger partial charge >= 0.3 is 6.18 Å². The minimum absolute atomic E-state index is 0.0150. The van der Waals surface area contributed by atoms with Crippen LogP contribution in [-0.4, -0.2) is 34.6 Å². The molecule has 1 saturated carbocycles. The minimum Gasteiger partial charge on any atom is -0.348 e. The highest BCUT2D eigenvalue weighted by Crippen LogP contribution is 2.39. The van der Waals surface area contributed by atoms with E-state index in [0.717, 1.165) is 30.5 Å². The number of hydrogen-bond donors (Lipinski definition) is 1. The number of benzene rings is 2. The second kappa shape index (κ2) is 9.86. The van der Waals surface area contributed by atoms with Gasteiger partial charge in [-0.1, -0.05) is 31.2 Å². The van der Waals surface area contributed by atoms with Crippen LogP contribution < -0.4 is 5.32 Å². The number of rotatable bonds is 8. The number of nitrogens with one attached hydrogen (secondary N) is 1. The van der Waals surface area contributed by atoms with Crippen LogP contribution in [0.2, 0.25) is 0 Å². The Morgan fingerprint density at radius 3 is 2.32 bits per heavy atom. The molecule has 0 saturated heterocycles. The van der Waals surface area contributed by atoms with Gasteiger partial charge in [0.15, 0.2) is 15.5 Å². The number of nitrogens with zero attached hydrogens (tertiary/aromatic N) is 3. The molecule has 1 amide bonds. The SMILES string of the molecule is CCS(=O)(=O)c1ccc(CNC(=O)c2cnc3c(c2)nc(Cc2ccc(C(F)(F)F)cc2)n3C2CC2)cc1. The lowest BCUT2D eigenvalue weighted by atomic mass is 10.1. The number of amides is 1. The Kier molecular flexibility index (Phi) is 6.72. The first-order chi connectivity index (χ1) is 18.0. The van der Waals surface area contributed by atoms with Gasteiger partial charge in [-0.15, -0.1) is 0 Å². The molecule has 38 heavy (non-hydrogen) atoms. The summed E-state index contributed by atoms with van der Waals surface area (Å²) in [6.45, 7) is 1.79. The van der Waals surface area contributed by atoms with Crippen molar-refractivity contribution in [1.29, 1.82) is 0 Å². The zero-order valence-electron chi connectivity index (χ0n) is 20.5. The van der Waals surface area contributed by atoms with E-state index in [1.807, 2.05) is 4.57 Å². The number of imidazole rings is 1. The van der Waals surface area contributed by atoms with E-state index in [1.165, 1.54) is 30.5 Å². The summed E-state index contributed by atoms with van der Waals surface area (Å²) in [5.41, 5.74) is 2.25. The molecular weight excluding hydrogens is 517 g/mol.